The highest BCUT2D eigenvalue weighted by molar-refractivity contribution is 5.95. The number of aliphatic hydroxyl groups excluding tert-OH is 2. The monoisotopic (exact) mass is 327 g/mol. The minimum absolute atomic E-state index is 0.0398. The van der Waals surface area contributed by atoms with Gasteiger partial charge in [-0.3, -0.25) is 4.79 Å². The van der Waals surface area contributed by atoms with Gasteiger partial charge >= 0.3 is 0 Å². The van der Waals surface area contributed by atoms with Crippen molar-refractivity contribution in [2.24, 2.45) is 0 Å². The molecule has 0 bridgehead atoms. The van der Waals surface area contributed by atoms with Crippen molar-refractivity contribution in [3.63, 3.8) is 0 Å². The molecule has 0 unspecified atom stereocenters. The predicted molar refractivity (Wildman–Crippen MR) is 95.8 cm³/mol. The van der Waals surface area contributed by atoms with Crippen molar-refractivity contribution >= 4 is 5.91 Å². The van der Waals surface area contributed by atoms with Gasteiger partial charge in [-0.05, 0) is 48.2 Å². The number of hydrogen-bond donors (Lipinski definition) is 2. The summed E-state index contributed by atoms with van der Waals surface area (Å²) in [5, 5.41) is 18.9. The second-order valence-electron chi connectivity index (χ2n) is 5.90. The van der Waals surface area contributed by atoms with Crippen molar-refractivity contribution in [3.05, 3.63) is 59.7 Å². The van der Waals surface area contributed by atoms with Crippen LogP contribution in [0, 0.1) is 0 Å². The van der Waals surface area contributed by atoms with Crippen LogP contribution < -0.4 is 0 Å². The molecule has 1 atom stereocenters. The molecule has 2 N–H and O–H groups in total. The van der Waals surface area contributed by atoms with Crippen LogP contribution in [0.15, 0.2) is 48.5 Å². The molecule has 0 fully saturated rings. The van der Waals surface area contributed by atoms with E-state index in [0.29, 0.717) is 18.7 Å². The smallest absolute Gasteiger partial charge is 0.253 e. The highest BCUT2D eigenvalue weighted by Crippen LogP contribution is 2.24. The zero-order chi connectivity index (χ0) is 17.5. The minimum atomic E-state index is -0.528. The lowest BCUT2D eigenvalue weighted by atomic mass is 9.99. The molecule has 0 aliphatic heterocycles. The normalized spacial score (nSPS) is 12.0. The molecule has 0 spiro atoms. The fourth-order valence-electron chi connectivity index (χ4n) is 2.70. The topological polar surface area (TPSA) is 60.8 Å². The van der Waals surface area contributed by atoms with Crippen molar-refractivity contribution in [1.82, 2.24) is 4.90 Å². The zero-order valence-corrected chi connectivity index (χ0v) is 14.3. The van der Waals surface area contributed by atoms with Crippen molar-refractivity contribution < 1.29 is 15.0 Å². The number of nitrogens with zero attached hydrogens (tertiary/aromatic N) is 1. The summed E-state index contributed by atoms with van der Waals surface area (Å²) >= 11 is 0. The van der Waals surface area contributed by atoms with Crippen LogP contribution >= 0.6 is 0 Å². The van der Waals surface area contributed by atoms with Crippen LogP contribution in [0.25, 0.3) is 11.1 Å². The molecule has 128 valence electrons. The largest absolute Gasteiger partial charge is 0.395 e. The predicted octanol–water partition coefficient (Wildman–Crippen LogP) is 3.25. The Morgan fingerprint density at radius 1 is 1.08 bits per heavy atom. The third kappa shape index (κ3) is 4.43. The van der Waals surface area contributed by atoms with Gasteiger partial charge in [0.15, 0.2) is 0 Å². The summed E-state index contributed by atoms with van der Waals surface area (Å²) in [4.78, 5) is 14.3. The van der Waals surface area contributed by atoms with Crippen molar-refractivity contribution in [1.29, 1.82) is 0 Å². The Kier molecular flexibility index (Phi) is 6.53. The lowest BCUT2D eigenvalue weighted by molar-refractivity contribution is 0.0722. The molecule has 24 heavy (non-hydrogen) atoms. The summed E-state index contributed by atoms with van der Waals surface area (Å²) < 4.78 is 0. The third-order valence-corrected chi connectivity index (χ3v) is 3.96. The van der Waals surface area contributed by atoms with Crippen LogP contribution in [-0.4, -0.2) is 40.7 Å². The Morgan fingerprint density at radius 3 is 2.38 bits per heavy atom. The van der Waals surface area contributed by atoms with Crippen LogP contribution in [0.1, 0.15) is 42.3 Å². The van der Waals surface area contributed by atoms with Crippen LogP contribution in [0.3, 0.4) is 0 Å². The Balaban J connectivity index is 2.31. The maximum atomic E-state index is 12.7. The fourth-order valence-corrected chi connectivity index (χ4v) is 2.70. The van der Waals surface area contributed by atoms with E-state index in [9.17, 15) is 9.90 Å². The van der Waals surface area contributed by atoms with E-state index in [2.05, 4.69) is 0 Å². The molecule has 0 aliphatic rings. The second kappa shape index (κ2) is 8.62. The first-order valence-electron chi connectivity index (χ1n) is 8.35. The van der Waals surface area contributed by atoms with E-state index in [4.69, 9.17) is 5.11 Å². The Hall–Kier alpha value is -2.17. The second-order valence-corrected chi connectivity index (χ2v) is 5.90. The maximum Gasteiger partial charge on any atom is 0.253 e. The number of rotatable bonds is 7. The summed E-state index contributed by atoms with van der Waals surface area (Å²) in [6.45, 7) is 4.67. The van der Waals surface area contributed by atoms with Gasteiger partial charge in [-0.1, -0.05) is 37.3 Å². The lowest BCUT2D eigenvalue weighted by Crippen LogP contribution is -2.34. The quantitative estimate of drug-likeness (QED) is 0.820. The summed E-state index contributed by atoms with van der Waals surface area (Å²) in [5.74, 6) is -0.0700. The third-order valence-electron chi connectivity index (χ3n) is 3.96. The number of aliphatic hydroxyl groups is 2. The van der Waals surface area contributed by atoms with Gasteiger partial charge in [-0.15, -0.1) is 0 Å². The molecule has 0 aromatic heterocycles. The molecule has 0 radical (unpaired) electrons. The van der Waals surface area contributed by atoms with Gasteiger partial charge in [0, 0.05) is 18.7 Å². The Morgan fingerprint density at radius 2 is 1.75 bits per heavy atom. The average molecular weight is 327 g/mol. The van der Waals surface area contributed by atoms with Gasteiger partial charge < -0.3 is 15.1 Å². The first kappa shape index (κ1) is 18.2. The van der Waals surface area contributed by atoms with Gasteiger partial charge in [-0.2, -0.15) is 0 Å². The standard InChI is InChI=1S/C20H25NO3/c1-3-10-21(11-12-22)20(24)19-9-5-8-18(14-19)17-7-4-6-16(13-17)15(2)23/h4-9,13-15,22-23H,3,10-12H2,1-2H3/t15-/m0/s1. The first-order valence-corrected chi connectivity index (χ1v) is 8.35. The van der Waals surface area contributed by atoms with Gasteiger partial charge in [0.05, 0.1) is 12.7 Å². The van der Waals surface area contributed by atoms with Crippen molar-refractivity contribution in [2.45, 2.75) is 26.4 Å². The van der Waals surface area contributed by atoms with E-state index in [-0.39, 0.29) is 12.5 Å². The van der Waals surface area contributed by atoms with Crippen LogP contribution in [0.4, 0.5) is 0 Å². The molecule has 2 rings (SSSR count). The molecule has 0 aliphatic carbocycles. The SMILES string of the molecule is CCCN(CCO)C(=O)c1cccc(-c2cccc([C@H](C)O)c2)c1. The number of carbonyl (C=O) groups excluding carboxylic acids is 1. The summed E-state index contributed by atoms with van der Waals surface area (Å²) in [6, 6.07) is 15.2. The highest BCUT2D eigenvalue weighted by atomic mass is 16.3. The summed E-state index contributed by atoms with van der Waals surface area (Å²) in [6.07, 6.45) is 0.321. The van der Waals surface area contributed by atoms with E-state index < -0.39 is 6.10 Å². The molecule has 2 aromatic carbocycles. The Bertz CT molecular complexity index is 676. The summed E-state index contributed by atoms with van der Waals surface area (Å²) in [5.41, 5.74) is 3.35. The average Bonchev–Trinajstić information content (AvgIpc) is 2.61. The van der Waals surface area contributed by atoms with E-state index in [1.54, 1.807) is 17.9 Å². The molecule has 0 heterocycles. The Labute approximate surface area is 143 Å². The zero-order valence-electron chi connectivity index (χ0n) is 14.3. The van der Waals surface area contributed by atoms with E-state index >= 15 is 0 Å². The van der Waals surface area contributed by atoms with E-state index in [0.717, 1.165) is 23.1 Å². The highest BCUT2D eigenvalue weighted by Gasteiger charge is 2.15. The molecular weight excluding hydrogens is 302 g/mol. The van der Waals surface area contributed by atoms with Gasteiger partial charge in [0.2, 0.25) is 0 Å². The molecule has 2 aromatic rings. The van der Waals surface area contributed by atoms with Gasteiger partial charge in [0.1, 0.15) is 0 Å². The van der Waals surface area contributed by atoms with Gasteiger partial charge in [-0.25, -0.2) is 0 Å². The first-order chi connectivity index (χ1) is 11.6. The maximum absolute atomic E-state index is 12.7. The molecular formula is C20H25NO3. The van der Waals surface area contributed by atoms with Crippen molar-refractivity contribution in [3.8, 4) is 11.1 Å². The number of hydrogen-bond acceptors (Lipinski definition) is 3. The van der Waals surface area contributed by atoms with Crippen LogP contribution in [0.2, 0.25) is 0 Å². The summed E-state index contributed by atoms with van der Waals surface area (Å²) in [7, 11) is 0. The molecule has 0 saturated heterocycles. The number of benzene rings is 2. The van der Waals surface area contributed by atoms with Crippen LogP contribution in [0.5, 0.6) is 0 Å². The number of amides is 1. The minimum Gasteiger partial charge on any atom is -0.395 e. The lowest BCUT2D eigenvalue weighted by Gasteiger charge is -2.21. The molecule has 4 nitrogen and oxygen atoms in total. The van der Waals surface area contributed by atoms with E-state index in [1.165, 1.54) is 0 Å². The molecule has 4 heteroatoms. The van der Waals surface area contributed by atoms with Crippen molar-refractivity contribution in [2.75, 3.05) is 19.7 Å². The fraction of sp³-hybridized carbons (Fsp3) is 0.350. The molecule has 0 saturated carbocycles. The molecule has 1 amide bonds. The van der Waals surface area contributed by atoms with Gasteiger partial charge in [0.25, 0.3) is 5.91 Å². The van der Waals surface area contributed by atoms with Crippen LogP contribution in [-0.2, 0) is 0 Å². The van der Waals surface area contributed by atoms with E-state index in [1.807, 2.05) is 49.4 Å². The number of carbonyl (C=O) groups is 1.